The smallest absolute Gasteiger partial charge is 0.311 e. The molecule has 0 fully saturated rings. The molecule has 156 valence electrons. The number of allylic oxidation sites excluding steroid dienone is 2. The molecule has 0 aliphatic heterocycles. The third kappa shape index (κ3) is 8.63. The maximum atomic E-state index is 12.3. The molecule has 2 atom stereocenters. The van der Waals surface area contributed by atoms with Gasteiger partial charge in [-0.25, -0.2) is 0 Å². The third-order valence-corrected chi connectivity index (χ3v) is 6.12. The number of hydrogen-bond donors (Lipinski definition) is 0. The molecule has 1 aliphatic carbocycles. The normalized spacial score (nSPS) is 17.8. The van der Waals surface area contributed by atoms with Crippen molar-refractivity contribution >= 4 is 5.97 Å². The molecule has 0 saturated carbocycles. The van der Waals surface area contributed by atoms with Gasteiger partial charge in [0.1, 0.15) is 5.75 Å². The second-order valence-electron chi connectivity index (χ2n) is 8.43. The van der Waals surface area contributed by atoms with Crippen LogP contribution in [0.5, 0.6) is 5.75 Å². The molecule has 1 aromatic carbocycles. The van der Waals surface area contributed by atoms with Crippen molar-refractivity contribution in [2.75, 3.05) is 0 Å². The first-order valence-electron chi connectivity index (χ1n) is 11.7. The molecule has 0 heterocycles. The molecule has 1 aliphatic rings. The Labute approximate surface area is 172 Å². The predicted molar refractivity (Wildman–Crippen MR) is 119 cm³/mol. The van der Waals surface area contributed by atoms with Crippen LogP contribution in [-0.2, 0) is 4.79 Å². The van der Waals surface area contributed by atoms with Crippen LogP contribution in [0.2, 0.25) is 0 Å². The van der Waals surface area contributed by atoms with E-state index in [0.717, 1.165) is 12.3 Å². The lowest BCUT2D eigenvalue weighted by Crippen LogP contribution is -2.15. The molecule has 0 saturated heterocycles. The van der Waals surface area contributed by atoms with Crippen molar-refractivity contribution in [3.05, 3.63) is 42.0 Å². The number of rotatable bonds is 13. The van der Waals surface area contributed by atoms with Crippen LogP contribution in [0, 0.1) is 11.8 Å². The number of carbonyl (C=O) groups excluding carboxylic acids is 1. The van der Waals surface area contributed by atoms with Gasteiger partial charge in [0.15, 0.2) is 0 Å². The van der Waals surface area contributed by atoms with Crippen molar-refractivity contribution in [3.8, 4) is 5.75 Å². The predicted octanol–water partition coefficient (Wildman–Crippen LogP) is 7.88. The van der Waals surface area contributed by atoms with Gasteiger partial charge in [-0.2, -0.15) is 0 Å². The Bertz CT molecular complexity index is 575. The van der Waals surface area contributed by atoms with Crippen LogP contribution in [-0.4, -0.2) is 5.97 Å². The summed E-state index contributed by atoms with van der Waals surface area (Å²) >= 11 is 0. The first-order chi connectivity index (χ1) is 13.7. The molecule has 2 unspecified atom stereocenters. The van der Waals surface area contributed by atoms with Crippen molar-refractivity contribution in [1.29, 1.82) is 0 Å². The number of benzene rings is 1. The first-order valence-corrected chi connectivity index (χ1v) is 11.7. The summed E-state index contributed by atoms with van der Waals surface area (Å²) in [7, 11) is 0. The second-order valence-corrected chi connectivity index (χ2v) is 8.43. The van der Waals surface area contributed by atoms with Crippen molar-refractivity contribution < 1.29 is 9.53 Å². The quantitative estimate of drug-likeness (QED) is 0.150. The van der Waals surface area contributed by atoms with E-state index in [4.69, 9.17) is 4.74 Å². The zero-order valence-electron chi connectivity index (χ0n) is 18.1. The lowest BCUT2D eigenvalue weighted by atomic mass is 9.78. The van der Waals surface area contributed by atoms with Gasteiger partial charge in [-0.3, -0.25) is 4.79 Å². The molecular weight excluding hydrogens is 344 g/mol. The van der Waals surface area contributed by atoms with Gasteiger partial charge in [0.05, 0.1) is 0 Å². The molecule has 0 aromatic heterocycles. The van der Waals surface area contributed by atoms with Gasteiger partial charge in [-0.15, -0.1) is 0 Å². The van der Waals surface area contributed by atoms with Crippen molar-refractivity contribution in [2.24, 2.45) is 11.8 Å². The summed E-state index contributed by atoms with van der Waals surface area (Å²) in [5.74, 6) is 2.00. The van der Waals surface area contributed by atoms with Crippen LogP contribution in [0.3, 0.4) is 0 Å². The van der Waals surface area contributed by atoms with E-state index in [2.05, 4.69) is 19.9 Å². The number of ether oxygens (including phenoxy) is 1. The first kappa shape index (κ1) is 22.7. The molecular formula is C26H40O2. The maximum absolute atomic E-state index is 12.3. The average molecular weight is 385 g/mol. The number of hydrogen-bond acceptors (Lipinski definition) is 2. The highest BCUT2D eigenvalue weighted by Gasteiger charge is 2.21. The molecule has 0 spiro atoms. The van der Waals surface area contributed by atoms with Gasteiger partial charge in [-0.1, -0.05) is 88.6 Å². The van der Waals surface area contributed by atoms with Gasteiger partial charge in [0.2, 0.25) is 0 Å². The summed E-state index contributed by atoms with van der Waals surface area (Å²) in [6.45, 7) is 4.54. The molecule has 2 nitrogen and oxygen atoms in total. The Morgan fingerprint density at radius 2 is 1.79 bits per heavy atom. The van der Waals surface area contributed by atoms with E-state index < -0.39 is 0 Å². The molecule has 0 N–H and O–H groups in total. The van der Waals surface area contributed by atoms with Crippen LogP contribution >= 0.6 is 0 Å². The molecule has 2 heteroatoms. The van der Waals surface area contributed by atoms with E-state index in [-0.39, 0.29) is 5.97 Å². The molecule has 2 rings (SSSR count). The maximum Gasteiger partial charge on any atom is 0.311 e. The largest absolute Gasteiger partial charge is 0.427 e. The summed E-state index contributed by atoms with van der Waals surface area (Å²) in [5.41, 5.74) is 1.62. The van der Waals surface area contributed by atoms with E-state index in [1.165, 1.54) is 70.6 Å². The fourth-order valence-electron chi connectivity index (χ4n) is 4.34. The zero-order valence-corrected chi connectivity index (χ0v) is 18.1. The topological polar surface area (TPSA) is 26.3 Å². The number of para-hydroxylation sites is 1. The zero-order chi connectivity index (χ0) is 20.0. The minimum absolute atomic E-state index is 0.0967. The van der Waals surface area contributed by atoms with E-state index in [0.29, 0.717) is 18.1 Å². The molecule has 0 amide bonds. The van der Waals surface area contributed by atoms with E-state index >= 15 is 0 Å². The minimum atomic E-state index is -0.0967. The monoisotopic (exact) mass is 384 g/mol. The summed E-state index contributed by atoms with van der Waals surface area (Å²) in [4.78, 5) is 12.3. The van der Waals surface area contributed by atoms with Crippen molar-refractivity contribution in [2.45, 2.75) is 97.3 Å². The highest BCUT2D eigenvalue weighted by Crippen LogP contribution is 2.35. The molecule has 0 bridgehead atoms. The molecule has 28 heavy (non-hydrogen) atoms. The highest BCUT2D eigenvalue weighted by molar-refractivity contribution is 5.72. The van der Waals surface area contributed by atoms with Crippen LogP contribution in [0.1, 0.15) is 97.3 Å². The van der Waals surface area contributed by atoms with Crippen molar-refractivity contribution in [3.63, 3.8) is 0 Å². The van der Waals surface area contributed by atoms with Crippen LogP contribution in [0.25, 0.3) is 0 Å². The van der Waals surface area contributed by atoms with Crippen LogP contribution < -0.4 is 4.74 Å². The number of esters is 1. The summed E-state index contributed by atoms with van der Waals surface area (Å²) in [6.07, 6.45) is 18.3. The lowest BCUT2D eigenvalue weighted by Gasteiger charge is -2.27. The third-order valence-electron chi connectivity index (χ3n) is 6.12. The van der Waals surface area contributed by atoms with E-state index in [1.54, 1.807) is 5.57 Å². The number of unbranched alkanes of at least 4 members (excludes halogenated alkanes) is 4. The fourth-order valence-corrected chi connectivity index (χ4v) is 4.34. The Balaban J connectivity index is 1.84. The summed E-state index contributed by atoms with van der Waals surface area (Å²) in [6, 6.07) is 9.43. The van der Waals surface area contributed by atoms with E-state index in [9.17, 15) is 4.79 Å². The lowest BCUT2D eigenvalue weighted by molar-refractivity contribution is -0.134. The van der Waals surface area contributed by atoms with Gasteiger partial charge in [0.25, 0.3) is 0 Å². The SMILES string of the molecule is CCCCCC1CC=C(C(CCCCC)CCC(=O)Oc2ccccc2)CC1. The molecule has 0 radical (unpaired) electrons. The highest BCUT2D eigenvalue weighted by atomic mass is 16.5. The number of carbonyl (C=O) groups is 1. The van der Waals surface area contributed by atoms with Gasteiger partial charge in [0, 0.05) is 6.42 Å². The van der Waals surface area contributed by atoms with Gasteiger partial charge < -0.3 is 4.74 Å². The Kier molecular flexibility index (Phi) is 11.0. The minimum Gasteiger partial charge on any atom is -0.427 e. The van der Waals surface area contributed by atoms with E-state index in [1.807, 2.05) is 30.3 Å². The average Bonchev–Trinajstić information content (AvgIpc) is 2.72. The van der Waals surface area contributed by atoms with Crippen LogP contribution in [0.15, 0.2) is 42.0 Å². The second kappa shape index (κ2) is 13.6. The van der Waals surface area contributed by atoms with Crippen molar-refractivity contribution in [1.82, 2.24) is 0 Å². The molecule has 1 aromatic rings. The summed E-state index contributed by atoms with van der Waals surface area (Å²) < 4.78 is 5.49. The fraction of sp³-hybridized carbons (Fsp3) is 0.654. The Morgan fingerprint density at radius 1 is 1.04 bits per heavy atom. The summed E-state index contributed by atoms with van der Waals surface area (Å²) in [5, 5.41) is 0. The van der Waals surface area contributed by atoms with Crippen LogP contribution in [0.4, 0.5) is 0 Å². The Morgan fingerprint density at radius 3 is 2.46 bits per heavy atom. The van der Waals surface area contributed by atoms with Gasteiger partial charge >= 0.3 is 5.97 Å². The standard InChI is InChI=1S/C26H40O2/c1-3-5-8-12-22-16-18-24(19-17-22)23(13-9-6-4-2)20-21-26(27)28-25-14-10-7-11-15-25/h7,10-11,14-15,18,22-23H,3-6,8-9,12-13,16-17,19-21H2,1-2H3. The van der Waals surface area contributed by atoms with Gasteiger partial charge in [-0.05, 0) is 56.1 Å². The Hall–Kier alpha value is -1.57.